The van der Waals surface area contributed by atoms with Crippen LogP contribution < -0.4 is 15.5 Å². The number of rotatable bonds is 4. The topological polar surface area (TPSA) is 53.1 Å². The Bertz CT molecular complexity index is 601. The highest BCUT2D eigenvalue weighted by Crippen LogP contribution is 2.61. The molecule has 4 aliphatic rings. The van der Waals surface area contributed by atoms with Crippen molar-refractivity contribution in [1.29, 1.82) is 0 Å². The van der Waals surface area contributed by atoms with E-state index in [4.69, 9.17) is 4.98 Å². The molecule has 24 heavy (non-hydrogen) atoms. The van der Waals surface area contributed by atoms with Crippen LogP contribution in [-0.2, 0) is 0 Å². The maximum absolute atomic E-state index is 4.80. The molecule has 1 aromatic rings. The number of fused-ring (bicyclic) bond motifs is 2. The Kier molecular flexibility index (Phi) is 3.94. The highest BCUT2D eigenvalue weighted by molar-refractivity contribution is 5.44. The van der Waals surface area contributed by atoms with Gasteiger partial charge in [0, 0.05) is 31.4 Å². The van der Waals surface area contributed by atoms with Crippen LogP contribution in [-0.4, -0.2) is 42.2 Å². The first-order chi connectivity index (χ1) is 11.5. The van der Waals surface area contributed by atoms with Gasteiger partial charge in [-0.25, -0.2) is 4.98 Å². The molecule has 5 nitrogen and oxygen atoms in total. The largest absolute Gasteiger partial charge is 0.355 e. The van der Waals surface area contributed by atoms with Crippen LogP contribution in [0.3, 0.4) is 0 Å². The van der Waals surface area contributed by atoms with E-state index in [2.05, 4.69) is 41.3 Å². The maximum atomic E-state index is 4.80. The fraction of sp³-hybridized carbons (Fsp3) is 0.789. The zero-order valence-corrected chi connectivity index (χ0v) is 15.4. The molecule has 2 N–H and O–H groups in total. The van der Waals surface area contributed by atoms with Gasteiger partial charge in [0.1, 0.15) is 5.82 Å². The third-order valence-corrected chi connectivity index (χ3v) is 7.23. The Balaban J connectivity index is 1.44. The predicted molar refractivity (Wildman–Crippen MR) is 98.3 cm³/mol. The second kappa shape index (κ2) is 5.87. The monoisotopic (exact) mass is 329 g/mol. The van der Waals surface area contributed by atoms with E-state index in [0.717, 1.165) is 36.7 Å². The molecule has 4 unspecified atom stereocenters. The Hall–Kier alpha value is -1.36. The van der Waals surface area contributed by atoms with Crippen molar-refractivity contribution >= 4 is 11.8 Å². The zero-order valence-electron chi connectivity index (χ0n) is 15.4. The Morgan fingerprint density at radius 2 is 2.12 bits per heavy atom. The van der Waals surface area contributed by atoms with Crippen LogP contribution in [0.4, 0.5) is 11.8 Å². The highest BCUT2D eigenvalue weighted by atomic mass is 15.3. The molecular weight excluding hydrogens is 298 g/mol. The Labute approximate surface area is 145 Å². The highest BCUT2D eigenvalue weighted by Gasteiger charge is 2.56. The molecule has 0 amide bonds. The van der Waals surface area contributed by atoms with E-state index in [9.17, 15) is 0 Å². The van der Waals surface area contributed by atoms with Crippen molar-refractivity contribution in [3.63, 3.8) is 0 Å². The molecule has 3 saturated carbocycles. The van der Waals surface area contributed by atoms with Gasteiger partial charge in [-0.3, -0.25) is 0 Å². The fourth-order valence-electron chi connectivity index (χ4n) is 5.31. The molecule has 2 heterocycles. The minimum atomic E-state index is 0.515. The van der Waals surface area contributed by atoms with Crippen molar-refractivity contribution in [3.8, 4) is 0 Å². The molecule has 3 aliphatic carbocycles. The van der Waals surface area contributed by atoms with Crippen LogP contribution >= 0.6 is 0 Å². The number of likely N-dealkylation sites (N-methyl/N-ethyl adjacent to an activating group) is 1. The van der Waals surface area contributed by atoms with Gasteiger partial charge in [-0.2, -0.15) is 4.98 Å². The minimum absolute atomic E-state index is 0.515. The summed E-state index contributed by atoms with van der Waals surface area (Å²) in [6.07, 6.45) is 5.74. The smallest absolute Gasteiger partial charge is 0.224 e. The van der Waals surface area contributed by atoms with E-state index in [1.807, 2.05) is 19.3 Å². The lowest BCUT2D eigenvalue weighted by Crippen LogP contribution is -2.58. The molecule has 1 saturated heterocycles. The molecule has 1 aromatic heterocycles. The van der Waals surface area contributed by atoms with Crippen LogP contribution in [0.15, 0.2) is 12.3 Å². The van der Waals surface area contributed by atoms with Crippen LogP contribution in [0.1, 0.15) is 40.0 Å². The molecule has 2 bridgehead atoms. The van der Waals surface area contributed by atoms with E-state index in [-0.39, 0.29) is 0 Å². The summed E-state index contributed by atoms with van der Waals surface area (Å²) < 4.78 is 0. The maximum Gasteiger partial charge on any atom is 0.224 e. The first kappa shape index (κ1) is 16.1. The number of anilines is 2. The van der Waals surface area contributed by atoms with Gasteiger partial charge >= 0.3 is 0 Å². The standard InChI is InChI=1S/C19H31N5/c1-12-15-9-13(19(15,2)3)10-16(12)22-18-21-7-5-17(23-18)24-8-6-14(11-24)20-4/h5,7,12-16,20H,6,8-11H2,1-4H3,(H,21,22,23)/t12?,13?,14-,15?,16?/m1/s1. The summed E-state index contributed by atoms with van der Waals surface area (Å²) in [4.78, 5) is 11.7. The van der Waals surface area contributed by atoms with Crippen LogP contribution in [0.25, 0.3) is 0 Å². The number of hydrogen-bond acceptors (Lipinski definition) is 5. The summed E-state index contributed by atoms with van der Waals surface area (Å²) in [5.74, 6) is 4.24. The fourth-order valence-corrected chi connectivity index (χ4v) is 5.31. The van der Waals surface area contributed by atoms with Gasteiger partial charge in [-0.15, -0.1) is 0 Å². The molecule has 132 valence electrons. The van der Waals surface area contributed by atoms with Gasteiger partial charge < -0.3 is 15.5 Å². The average Bonchev–Trinajstić information content (AvgIpc) is 3.05. The molecule has 0 spiro atoms. The summed E-state index contributed by atoms with van der Waals surface area (Å²) in [5, 5.41) is 7.02. The molecule has 5 rings (SSSR count). The van der Waals surface area contributed by atoms with Gasteiger partial charge in [0.15, 0.2) is 0 Å². The summed E-state index contributed by atoms with van der Waals surface area (Å²) in [6, 6.07) is 3.12. The van der Waals surface area contributed by atoms with Crippen LogP contribution in [0.2, 0.25) is 0 Å². The second-order valence-electron chi connectivity index (χ2n) is 8.66. The van der Waals surface area contributed by atoms with Crippen molar-refractivity contribution in [1.82, 2.24) is 15.3 Å². The predicted octanol–water partition coefficient (Wildman–Crippen LogP) is 2.76. The third-order valence-electron chi connectivity index (χ3n) is 7.23. The molecular formula is C19H31N5. The molecule has 5 atom stereocenters. The summed E-state index contributed by atoms with van der Waals surface area (Å²) in [5.41, 5.74) is 0.526. The van der Waals surface area contributed by atoms with Crippen molar-refractivity contribution in [2.45, 2.75) is 52.1 Å². The van der Waals surface area contributed by atoms with Crippen molar-refractivity contribution < 1.29 is 0 Å². The quantitative estimate of drug-likeness (QED) is 0.889. The van der Waals surface area contributed by atoms with Crippen molar-refractivity contribution in [2.24, 2.45) is 23.2 Å². The molecule has 5 heteroatoms. The number of nitrogens with zero attached hydrogens (tertiary/aromatic N) is 3. The van der Waals surface area contributed by atoms with Crippen LogP contribution in [0, 0.1) is 23.2 Å². The van der Waals surface area contributed by atoms with Crippen molar-refractivity contribution in [2.75, 3.05) is 30.4 Å². The van der Waals surface area contributed by atoms with Gasteiger partial charge in [0.2, 0.25) is 5.95 Å². The third kappa shape index (κ3) is 2.57. The van der Waals surface area contributed by atoms with Gasteiger partial charge in [0.25, 0.3) is 0 Å². The van der Waals surface area contributed by atoms with E-state index >= 15 is 0 Å². The van der Waals surface area contributed by atoms with Crippen molar-refractivity contribution in [3.05, 3.63) is 12.3 Å². The van der Waals surface area contributed by atoms with E-state index < -0.39 is 0 Å². The van der Waals surface area contributed by atoms with Gasteiger partial charge in [-0.1, -0.05) is 20.8 Å². The second-order valence-corrected chi connectivity index (χ2v) is 8.66. The molecule has 0 radical (unpaired) electrons. The molecule has 0 aromatic carbocycles. The van der Waals surface area contributed by atoms with E-state index in [1.54, 1.807) is 0 Å². The van der Waals surface area contributed by atoms with Crippen LogP contribution in [0.5, 0.6) is 0 Å². The molecule has 1 aliphatic heterocycles. The Morgan fingerprint density at radius 1 is 1.29 bits per heavy atom. The van der Waals surface area contributed by atoms with Gasteiger partial charge in [0.05, 0.1) is 0 Å². The first-order valence-corrected chi connectivity index (χ1v) is 9.51. The number of aromatic nitrogens is 2. The summed E-state index contributed by atoms with van der Waals surface area (Å²) >= 11 is 0. The summed E-state index contributed by atoms with van der Waals surface area (Å²) in [7, 11) is 2.04. The first-order valence-electron chi connectivity index (χ1n) is 9.51. The lowest BCUT2D eigenvalue weighted by molar-refractivity contribution is -0.105. The molecule has 4 fully saturated rings. The lowest BCUT2D eigenvalue weighted by atomic mass is 9.45. The number of hydrogen-bond donors (Lipinski definition) is 2. The van der Waals surface area contributed by atoms with Gasteiger partial charge in [-0.05, 0) is 55.5 Å². The van der Waals surface area contributed by atoms with E-state index in [1.165, 1.54) is 19.3 Å². The number of nitrogens with one attached hydrogen (secondary N) is 2. The minimum Gasteiger partial charge on any atom is -0.355 e. The van der Waals surface area contributed by atoms with E-state index in [0.29, 0.717) is 23.4 Å². The normalized spacial score (nSPS) is 37.2. The SMILES string of the molecule is CN[C@@H]1CCN(c2ccnc(NC3CC4CC(C3C)C4(C)C)n2)C1. The lowest BCUT2D eigenvalue weighted by Gasteiger charge is -2.62. The average molecular weight is 329 g/mol. The zero-order chi connectivity index (χ0) is 16.9. The summed E-state index contributed by atoms with van der Waals surface area (Å²) in [6.45, 7) is 9.40. The Morgan fingerprint density at radius 3 is 2.79 bits per heavy atom.